The van der Waals surface area contributed by atoms with Crippen molar-refractivity contribution in [2.75, 3.05) is 13.1 Å². The van der Waals surface area contributed by atoms with E-state index in [1.807, 2.05) is 42.5 Å². The van der Waals surface area contributed by atoms with Gasteiger partial charge in [-0.05, 0) is 24.0 Å². The summed E-state index contributed by atoms with van der Waals surface area (Å²) in [6, 6.07) is 18.5. The largest absolute Gasteiger partial charge is 0.487 e. The monoisotopic (exact) mass is 433 g/mol. The van der Waals surface area contributed by atoms with Crippen LogP contribution in [0.1, 0.15) is 34.3 Å². The van der Waals surface area contributed by atoms with Crippen molar-refractivity contribution in [3.63, 3.8) is 0 Å². The fourth-order valence-electron chi connectivity index (χ4n) is 3.71. The highest BCUT2D eigenvalue weighted by atomic mass is 16.5. The normalized spacial score (nSPS) is 14.9. The number of likely N-dealkylation sites (tertiary alicyclic amines) is 1. The number of nitrogens with zero attached hydrogens (tertiary/aromatic N) is 3. The summed E-state index contributed by atoms with van der Waals surface area (Å²) in [6.07, 6.45) is 2.87. The maximum atomic E-state index is 12.6. The third kappa shape index (κ3) is 5.90. The molecule has 0 bridgehead atoms. The molecule has 2 heterocycles. The van der Waals surface area contributed by atoms with Gasteiger partial charge in [-0.25, -0.2) is 4.68 Å². The number of carbonyl (C=O) groups excluding carboxylic acids is 1. The van der Waals surface area contributed by atoms with E-state index in [-0.39, 0.29) is 24.0 Å². The lowest BCUT2D eigenvalue weighted by atomic mass is 10.1. The van der Waals surface area contributed by atoms with Crippen molar-refractivity contribution < 1.29 is 14.6 Å². The molecule has 1 N–H and O–H groups in total. The number of piperidine rings is 1. The fraction of sp³-hybridized carbons (Fsp3) is 0.320. The van der Waals surface area contributed by atoms with Crippen molar-refractivity contribution in [2.45, 2.75) is 38.6 Å². The second-order valence-corrected chi connectivity index (χ2v) is 8.09. The van der Waals surface area contributed by atoms with Crippen LogP contribution in [0.25, 0.3) is 0 Å². The standard InChI is InChI=1S/C25H27N3O4/c29-22-10-12-27(13-11-22)16-19-6-8-21(9-7-19)24(30)17-28-25(31)14-23(15-26-28)32-18-20-4-2-1-3-5-20/h1-9,14-15,22,29H,10-13,16-18H2. The van der Waals surface area contributed by atoms with Crippen LogP contribution in [-0.4, -0.2) is 44.8 Å². The smallest absolute Gasteiger partial charge is 0.270 e. The number of aromatic nitrogens is 2. The van der Waals surface area contributed by atoms with Gasteiger partial charge >= 0.3 is 0 Å². The van der Waals surface area contributed by atoms with Gasteiger partial charge in [-0.3, -0.25) is 14.5 Å². The van der Waals surface area contributed by atoms with E-state index in [1.54, 1.807) is 12.1 Å². The van der Waals surface area contributed by atoms with Gasteiger partial charge in [0.2, 0.25) is 0 Å². The Balaban J connectivity index is 1.32. The maximum absolute atomic E-state index is 12.6. The summed E-state index contributed by atoms with van der Waals surface area (Å²) in [5.41, 5.74) is 2.27. The zero-order chi connectivity index (χ0) is 22.3. The first-order valence-corrected chi connectivity index (χ1v) is 10.8. The summed E-state index contributed by atoms with van der Waals surface area (Å²) >= 11 is 0. The van der Waals surface area contributed by atoms with E-state index in [0.29, 0.717) is 17.9 Å². The van der Waals surface area contributed by atoms with Gasteiger partial charge in [-0.2, -0.15) is 5.10 Å². The molecule has 4 rings (SSSR count). The molecule has 0 radical (unpaired) electrons. The molecule has 7 nitrogen and oxygen atoms in total. The third-order valence-electron chi connectivity index (χ3n) is 5.63. The fourth-order valence-corrected chi connectivity index (χ4v) is 3.71. The molecule has 0 saturated carbocycles. The van der Waals surface area contributed by atoms with E-state index in [2.05, 4.69) is 10.00 Å². The zero-order valence-corrected chi connectivity index (χ0v) is 17.9. The van der Waals surface area contributed by atoms with Gasteiger partial charge in [0.05, 0.1) is 12.3 Å². The molecule has 1 saturated heterocycles. The molecule has 1 aromatic heterocycles. The number of aliphatic hydroxyl groups is 1. The molecule has 32 heavy (non-hydrogen) atoms. The first-order valence-electron chi connectivity index (χ1n) is 10.8. The number of aliphatic hydroxyl groups excluding tert-OH is 1. The van der Waals surface area contributed by atoms with Crippen LogP contribution in [-0.2, 0) is 19.7 Å². The SMILES string of the molecule is O=C(Cn1ncc(OCc2ccccc2)cc1=O)c1ccc(CN2CCC(O)CC2)cc1. The Hall–Kier alpha value is -3.29. The summed E-state index contributed by atoms with van der Waals surface area (Å²) in [5.74, 6) is 0.197. The van der Waals surface area contributed by atoms with Gasteiger partial charge in [0.25, 0.3) is 5.56 Å². The predicted octanol–water partition coefficient (Wildman–Crippen LogP) is 2.66. The second kappa shape index (κ2) is 10.3. The molecule has 0 aliphatic carbocycles. The van der Waals surface area contributed by atoms with Crippen LogP contribution in [0, 0.1) is 0 Å². The lowest BCUT2D eigenvalue weighted by Gasteiger charge is -2.29. The first kappa shape index (κ1) is 21.9. The molecule has 7 heteroatoms. The van der Waals surface area contributed by atoms with Crippen molar-refractivity contribution in [1.82, 2.24) is 14.7 Å². The van der Waals surface area contributed by atoms with Gasteiger partial charge in [0.15, 0.2) is 5.78 Å². The Bertz CT molecular complexity index is 1090. The first-order chi connectivity index (χ1) is 15.6. The summed E-state index contributed by atoms with van der Waals surface area (Å²) in [7, 11) is 0. The van der Waals surface area contributed by atoms with Crippen molar-refractivity contribution in [3.05, 3.63) is 93.9 Å². The van der Waals surface area contributed by atoms with Crippen molar-refractivity contribution >= 4 is 5.78 Å². The van der Waals surface area contributed by atoms with Gasteiger partial charge in [-0.1, -0.05) is 54.6 Å². The lowest BCUT2D eigenvalue weighted by molar-refractivity contribution is 0.0792. The quantitative estimate of drug-likeness (QED) is 0.550. The average molecular weight is 434 g/mol. The summed E-state index contributed by atoms with van der Waals surface area (Å²) in [5, 5.41) is 13.7. The summed E-state index contributed by atoms with van der Waals surface area (Å²) in [4.78, 5) is 27.3. The number of ketones is 1. The number of Topliss-reactive ketones (excluding diaryl/α,β-unsaturated/α-hetero) is 1. The number of ether oxygens (including phenoxy) is 1. The van der Waals surface area contributed by atoms with Crippen molar-refractivity contribution in [1.29, 1.82) is 0 Å². The molecule has 166 valence electrons. The summed E-state index contributed by atoms with van der Waals surface area (Å²) < 4.78 is 6.76. The second-order valence-electron chi connectivity index (χ2n) is 8.09. The maximum Gasteiger partial charge on any atom is 0.270 e. The zero-order valence-electron chi connectivity index (χ0n) is 17.9. The van der Waals surface area contributed by atoms with Crippen molar-refractivity contribution in [2.24, 2.45) is 0 Å². The number of hydrogen-bond donors (Lipinski definition) is 1. The predicted molar refractivity (Wildman–Crippen MR) is 121 cm³/mol. The van der Waals surface area contributed by atoms with Crippen LogP contribution in [0.4, 0.5) is 0 Å². The van der Waals surface area contributed by atoms with Crippen LogP contribution >= 0.6 is 0 Å². The van der Waals surface area contributed by atoms with E-state index < -0.39 is 0 Å². The molecule has 1 aliphatic rings. The van der Waals surface area contributed by atoms with E-state index in [0.717, 1.165) is 48.3 Å². The highest BCUT2D eigenvalue weighted by molar-refractivity contribution is 5.95. The molecule has 0 unspecified atom stereocenters. The molecule has 1 aliphatic heterocycles. The molecule has 0 spiro atoms. The molecule has 1 fully saturated rings. The van der Waals surface area contributed by atoms with Gasteiger partial charge < -0.3 is 9.84 Å². The Kier molecular flexibility index (Phi) is 7.09. The Morgan fingerprint density at radius 2 is 1.75 bits per heavy atom. The van der Waals surface area contributed by atoms with E-state index >= 15 is 0 Å². The van der Waals surface area contributed by atoms with Crippen LogP contribution < -0.4 is 10.3 Å². The van der Waals surface area contributed by atoms with Gasteiger partial charge in [-0.15, -0.1) is 0 Å². The minimum absolute atomic E-state index is 0.124. The molecule has 0 amide bonds. The van der Waals surface area contributed by atoms with Crippen LogP contribution in [0.3, 0.4) is 0 Å². The molecule has 3 aromatic rings. The number of benzene rings is 2. The molecule has 2 aromatic carbocycles. The minimum atomic E-state index is -0.382. The van der Waals surface area contributed by atoms with Crippen molar-refractivity contribution in [3.8, 4) is 5.75 Å². The van der Waals surface area contributed by atoms with E-state index in [4.69, 9.17) is 4.74 Å². The number of carbonyl (C=O) groups is 1. The Labute approximate surface area is 186 Å². The highest BCUT2D eigenvalue weighted by Crippen LogP contribution is 2.15. The molecular weight excluding hydrogens is 406 g/mol. The van der Waals surface area contributed by atoms with Gasteiger partial charge in [0, 0.05) is 31.3 Å². The average Bonchev–Trinajstić information content (AvgIpc) is 2.82. The van der Waals surface area contributed by atoms with Crippen LogP contribution in [0.5, 0.6) is 5.75 Å². The molecule has 0 atom stereocenters. The summed E-state index contributed by atoms with van der Waals surface area (Å²) in [6.45, 7) is 2.77. The molecular formula is C25H27N3O4. The Morgan fingerprint density at radius 1 is 1.03 bits per heavy atom. The topological polar surface area (TPSA) is 84.7 Å². The third-order valence-corrected chi connectivity index (χ3v) is 5.63. The highest BCUT2D eigenvalue weighted by Gasteiger charge is 2.17. The number of hydrogen-bond acceptors (Lipinski definition) is 6. The van der Waals surface area contributed by atoms with Gasteiger partial charge in [0.1, 0.15) is 18.9 Å². The minimum Gasteiger partial charge on any atom is -0.487 e. The van der Waals surface area contributed by atoms with Crippen LogP contribution in [0.15, 0.2) is 71.7 Å². The van der Waals surface area contributed by atoms with E-state index in [9.17, 15) is 14.7 Å². The van der Waals surface area contributed by atoms with E-state index in [1.165, 1.54) is 12.3 Å². The Morgan fingerprint density at radius 3 is 2.44 bits per heavy atom. The lowest BCUT2D eigenvalue weighted by Crippen LogP contribution is -2.35. The van der Waals surface area contributed by atoms with Crippen LogP contribution in [0.2, 0.25) is 0 Å². The number of rotatable bonds is 8.